The summed E-state index contributed by atoms with van der Waals surface area (Å²) in [6.45, 7) is -2.47. The third-order valence-electron chi connectivity index (χ3n) is 3.51. The summed E-state index contributed by atoms with van der Waals surface area (Å²) in [5.74, 6) is 0. The summed E-state index contributed by atoms with van der Waals surface area (Å²) in [4.78, 5) is 17.1. The molecule has 0 saturated carbocycles. The van der Waals surface area contributed by atoms with Crippen LogP contribution in [0.25, 0.3) is 27.5 Å². The Balaban J connectivity index is 2.22. The van der Waals surface area contributed by atoms with Gasteiger partial charge in [0, 0.05) is 39.3 Å². The first-order valence-electron chi connectivity index (χ1n) is 8.01. The molecule has 6 heteroatoms. The van der Waals surface area contributed by atoms with Crippen LogP contribution in [0.3, 0.4) is 0 Å². The molecule has 3 aromatic heterocycles. The third-order valence-corrected chi connectivity index (χ3v) is 3.75. The van der Waals surface area contributed by atoms with Crippen LogP contribution in [0.15, 0.2) is 53.7 Å². The van der Waals surface area contributed by atoms with Crippen LogP contribution in [0.1, 0.15) is 4.11 Å². The number of halogens is 1. The second-order valence-electron chi connectivity index (χ2n) is 4.85. The van der Waals surface area contributed by atoms with Crippen molar-refractivity contribution >= 4 is 33.4 Å². The number of nitrogens with zero attached hydrogens (tertiary/aromatic N) is 4. The highest BCUT2D eigenvalue weighted by Gasteiger charge is 2.15. The van der Waals surface area contributed by atoms with Crippen molar-refractivity contribution in [3.8, 4) is 5.69 Å². The van der Waals surface area contributed by atoms with Gasteiger partial charge in [-0.2, -0.15) is 5.10 Å². The topological polar surface area (TPSA) is 52.7 Å². The molecular weight excluding hydrogens is 300 g/mol. The van der Waals surface area contributed by atoms with Crippen LogP contribution >= 0.6 is 11.6 Å². The van der Waals surface area contributed by atoms with Gasteiger partial charge in [-0.25, -0.2) is 0 Å². The van der Waals surface area contributed by atoms with E-state index >= 15 is 0 Å². The second kappa shape index (κ2) is 4.68. The third kappa shape index (κ3) is 1.83. The molecule has 4 rings (SSSR count). The first kappa shape index (κ1) is 10.1. The molecule has 108 valence electrons. The highest BCUT2D eigenvalue weighted by atomic mass is 35.5. The number of fused-ring (bicyclic) bond motifs is 3. The van der Waals surface area contributed by atoms with E-state index in [0.717, 1.165) is 4.68 Å². The Bertz CT molecular complexity index is 1170. The fourth-order valence-corrected chi connectivity index (χ4v) is 2.77. The van der Waals surface area contributed by atoms with Crippen molar-refractivity contribution in [3.05, 3.63) is 64.3 Å². The molecule has 22 heavy (non-hydrogen) atoms. The smallest absolute Gasteiger partial charge is 0.274 e. The second-order valence-corrected chi connectivity index (χ2v) is 5.29. The lowest BCUT2D eigenvalue weighted by molar-refractivity contribution is 0.777. The molecule has 0 aliphatic rings. The summed E-state index contributed by atoms with van der Waals surface area (Å²) in [5, 5.41) is 5.62. The molecule has 0 saturated heterocycles. The van der Waals surface area contributed by atoms with E-state index in [1.165, 1.54) is 10.8 Å². The van der Waals surface area contributed by atoms with Gasteiger partial charge in [-0.05, 0) is 24.3 Å². The largest absolute Gasteiger partial charge is 0.284 e. The van der Waals surface area contributed by atoms with Gasteiger partial charge in [-0.3, -0.25) is 19.0 Å². The molecule has 1 aromatic carbocycles. The predicted octanol–water partition coefficient (Wildman–Crippen LogP) is 2.93. The summed E-state index contributed by atoms with van der Waals surface area (Å²) in [6, 6.07) is 8.55. The quantitative estimate of drug-likeness (QED) is 0.543. The van der Waals surface area contributed by atoms with Crippen molar-refractivity contribution in [3.63, 3.8) is 0 Å². The van der Waals surface area contributed by atoms with Crippen molar-refractivity contribution in [2.75, 3.05) is 0 Å². The lowest BCUT2D eigenvalue weighted by Gasteiger charge is -2.10. The van der Waals surface area contributed by atoms with Crippen LogP contribution in [0.5, 0.6) is 0 Å². The maximum Gasteiger partial charge on any atom is 0.284 e. The molecular formula is C16H11ClN4O. The molecule has 0 fully saturated rings. The molecule has 4 aromatic rings. The van der Waals surface area contributed by atoms with E-state index in [-0.39, 0.29) is 5.52 Å². The Morgan fingerprint density at radius 2 is 2.18 bits per heavy atom. The highest BCUT2D eigenvalue weighted by Crippen LogP contribution is 2.26. The number of benzene rings is 1. The van der Waals surface area contributed by atoms with Crippen molar-refractivity contribution < 1.29 is 4.11 Å². The van der Waals surface area contributed by atoms with E-state index in [4.69, 9.17) is 15.7 Å². The maximum atomic E-state index is 13.0. The number of hydrogen-bond acceptors (Lipinski definition) is 3. The van der Waals surface area contributed by atoms with Crippen molar-refractivity contribution in [1.29, 1.82) is 0 Å². The van der Waals surface area contributed by atoms with E-state index in [9.17, 15) is 4.79 Å². The molecule has 0 aliphatic heterocycles. The number of aromatic nitrogens is 4. The minimum Gasteiger partial charge on any atom is -0.274 e. The molecule has 0 unspecified atom stereocenters. The first-order valence-corrected chi connectivity index (χ1v) is 6.88. The Labute approximate surface area is 134 Å². The zero-order valence-corrected chi connectivity index (χ0v) is 11.9. The van der Waals surface area contributed by atoms with E-state index in [1.54, 1.807) is 42.7 Å². The Kier molecular flexibility index (Phi) is 2.15. The van der Waals surface area contributed by atoms with Gasteiger partial charge in [0.25, 0.3) is 5.56 Å². The minimum absolute atomic E-state index is 0.0785. The molecule has 0 N–H and O–H groups in total. The van der Waals surface area contributed by atoms with Gasteiger partial charge in [-0.15, -0.1) is 0 Å². The molecule has 5 nitrogen and oxygen atoms in total. The van der Waals surface area contributed by atoms with Crippen LogP contribution in [0.2, 0.25) is 5.02 Å². The summed E-state index contributed by atoms with van der Waals surface area (Å²) < 4.78 is 24.9. The number of pyridine rings is 2. The number of rotatable bonds is 1. The maximum absolute atomic E-state index is 13.0. The lowest BCUT2D eigenvalue weighted by Crippen LogP contribution is -2.19. The fourth-order valence-electron chi connectivity index (χ4n) is 2.60. The van der Waals surface area contributed by atoms with Gasteiger partial charge in [0.2, 0.25) is 0 Å². The fraction of sp³-hybridized carbons (Fsp3) is 0.0625. The number of aryl methyl sites for hydroxylation is 1. The summed E-state index contributed by atoms with van der Waals surface area (Å²) >= 11 is 6.12. The average Bonchev–Trinajstić information content (AvgIpc) is 3.02. The van der Waals surface area contributed by atoms with Crippen LogP contribution < -0.4 is 5.56 Å². The summed E-state index contributed by atoms with van der Waals surface area (Å²) in [6.07, 6.45) is 4.52. The van der Waals surface area contributed by atoms with Crippen molar-refractivity contribution in [2.24, 2.45) is 6.98 Å². The minimum atomic E-state index is -2.47. The van der Waals surface area contributed by atoms with E-state index in [0.29, 0.717) is 27.0 Å². The van der Waals surface area contributed by atoms with E-state index in [1.807, 2.05) is 0 Å². The number of hydrogen-bond donors (Lipinski definition) is 0. The van der Waals surface area contributed by atoms with Crippen molar-refractivity contribution in [1.82, 2.24) is 19.3 Å². The van der Waals surface area contributed by atoms with Crippen molar-refractivity contribution in [2.45, 2.75) is 0 Å². The van der Waals surface area contributed by atoms with Gasteiger partial charge in [0.05, 0.1) is 17.4 Å². The van der Waals surface area contributed by atoms with E-state index < -0.39 is 12.5 Å². The Morgan fingerprint density at radius 3 is 2.95 bits per heavy atom. The highest BCUT2D eigenvalue weighted by molar-refractivity contribution is 6.31. The average molecular weight is 314 g/mol. The first-order chi connectivity index (χ1) is 11.9. The molecule has 0 spiro atoms. The van der Waals surface area contributed by atoms with E-state index in [2.05, 4.69) is 10.1 Å². The summed E-state index contributed by atoms with van der Waals surface area (Å²) in [7, 11) is 0. The molecule has 0 bridgehead atoms. The molecule has 3 heterocycles. The van der Waals surface area contributed by atoms with Gasteiger partial charge < -0.3 is 0 Å². The lowest BCUT2D eigenvalue weighted by atomic mass is 10.1. The zero-order valence-electron chi connectivity index (χ0n) is 14.2. The standard InChI is InChI=1S/C16H11ClN4O/c1-20-9-13-12-5-4-10(17)7-14(12)21(16(22)15(13)19-20)11-3-2-6-18-8-11/h2-9H,1H3/i1D3. The molecule has 0 aliphatic carbocycles. The predicted molar refractivity (Wildman–Crippen MR) is 86.6 cm³/mol. The molecule has 0 radical (unpaired) electrons. The monoisotopic (exact) mass is 313 g/mol. The Hall–Kier alpha value is -2.66. The van der Waals surface area contributed by atoms with Crippen LogP contribution in [-0.4, -0.2) is 19.3 Å². The molecule has 0 amide bonds. The normalized spacial score (nSPS) is 14.0. The van der Waals surface area contributed by atoms with Gasteiger partial charge in [0.1, 0.15) is 0 Å². The van der Waals surface area contributed by atoms with Crippen LogP contribution in [0.4, 0.5) is 0 Å². The van der Waals surface area contributed by atoms with Crippen LogP contribution in [0, 0.1) is 0 Å². The van der Waals surface area contributed by atoms with Gasteiger partial charge >= 0.3 is 0 Å². The SMILES string of the molecule is [2H]C([2H])([2H])n1cc2c(n1)c(=O)n(-c1cccnc1)c1cc(Cl)ccc21. The Morgan fingerprint density at radius 1 is 1.27 bits per heavy atom. The van der Waals surface area contributed by atoms with Gasteiger partial charge in [-0.1, -0.05) is 17.7 Å². The van der Waals surface area contributed by atoms with Gasteiger partial charge in [0.15, 0.2) is 5.52 Å². The van der Waals surface area contributed by atoms with Crippen LogP contribution in [-0.2, 0) is 6.98 Å². The molecule has 0 atom stereocenters. The summed E-state index contributed by atoms with van der Waals surface area (Å²) in [5.41, 5.74) is 0.753. The zero-order chi connectivity index (χ0) is 17.8.